The molecule has 0 bridgehead atoms. The number of benzene rings is 1. The molecule has 1 atom stereocenters. The van der Waals surface area contributed by atoms with E-state index >= 15 is 0 Å². The average Bonchev–Trinajstić information content (AvgIpc) is 2.89. The average molecular weight is 263 g/mol. The summed E-state index contributed by atoms with van der Waals surface area (Å²) in [5, 5.41) is 12.7. The number of allylic oxidation sites excluding steroid dienone is 1. The molecule has 2 N–H and O–H groups in total. The molecule has 5 nitrogen and oxygen atoms in total. The first-order valence-electron chi connectivity index (χ1n) is 6.16. The van der Waals surface area contributed by atoms with Gasteiger partial charge in [0.15, 0.2) is 11.5 Å². The van der Waals surface area contributed by atoms with Crippen LogP contribution in [0, 0.1) is 0 Å². The highest BCUT2D eigenvalue weighted by molar-refractivity contribution is 5.76. The first-order valence-corrected chi connectivity index (χ1v) is 6.16. The quantitative estimate of drug-likeness (QED) is 0.764. The van der Waals surface area contributed by atoms with Gasteiger partial charge in [-0.25, -0.2) is 0 Å². The first-order chi connectivity index (χ1) is 9.20. The van der Waals surface area contributed by atoms with Gasteiger partial charge in [-0.3, -0.25) is 4.79 Å². The smallest absolute Gasteiger partial charge is 0.231 e. The predicted octanol–water partition coefficient (Wildman–Crippen LogP) is 1.53. The van der Waals surface area contributed by atoms with Gasteiger partial charge >= 0.3 is 0 Å². The molecule has 2 rings (SSSR count). The zero-order valence-corrected chi connectivity index (χ0v) is 10.6. The maximum atomic E-state index is 11.4. The third-order valence-electron chi connectivity index (χ3n) is 2.85. The lowest BCUT2D eigenvalue weighted by Gasteiger charge is -2.12. The van der Waals surface area contributed by atoms with Crippen LogP contribution in [0.4, 0.5) is 0 Å². The summed E-state index contributed by atoms with van der Waals surface area (Å²) in [7, 11) is 0. The summed E-state index contributed by atoms with van der Waals surface area (Å²) in [6.45, 7) is 3.93. The van der Waals surface area contributed by atoms with Crippen molar-refractivity contribution in [3.8, 4) is 11.5 Å². The van der Waals surface area contributed by atoms with Crippen LogP contribution in [0.3, 0.4) is 0 Å². The molecule has 1 aromatic carbocycles. The van der Waals surface area contributed by atoms with Crippen LogP contribution in [0.5, 0.6) is 11.5 Å². The van der Waals surface area contributed by atoms with Crippen LogP contribution in [0.15, 0.2) is 30.9 Å². The molecule has 1 aliphatic rings. The van der Waals surface area contributed by atoms with Gasteiger partial charge in [0.05, 0.1) is 6.10 Å². The second kappa shape index (κ2) is 6.24. The van der Waals surface area contributed by atoms with Crippen molar-refractivity contribution in [3.63, 3.8) is 0 Å². The van der Waals surface area contributed by atoms with Gasteiger partial charge in [-0.1, -0.05) is 12.1 Å². The summed E-state index contributed by atoms with van der Waals surface area (Å²) in [6.07, 6.45) is 1.94. The van der Waals surface area contributed by atoms with Crippen molar-refractivity contribution < 1.29 is 19.4 Å². The van der Waals surface area contributed by atoms with E-state index in [9.17, 15) is 9.90 Å². The topological polar surface area (TPSA) is 67.8 Å². The molecule has 0 radical (unpaired) electrons. The monoisotopic (exact) mass is 263 g/mol. The van der Waals surface area contributed by atoms with E-state index in [0.717, 1.165) is 0 Å². The van der Waals surface area contributed by atoms with E-state index in [-0.39, 0.29) is 19.2 Å². The molecule has 5 heteroatoms. The fourth-order valence-electron chi connectivity index (χ4n) is 1.77. The van der Waals surface area contributed by atoms with Crippen LogP contribution in [0.1, 0.15) is 24.5 Å². The highest BCUT2D eigenvalue weighted by Gasteiger charge is 2.16. The van der Waals surface area contributed by atoms with Crippen molar-refractivity contribution in [2.45, 2.75) is 18.9 Å². The van der Waals surface area contributed by atoms with E-state index < -0.39 is 6.10 Å². The second-order valence-corrected chi connectivity index (χ2v) is 4.26. The highest BCUT2D eigenvalue weighted by Crippen LogP contribution is 2.33. The van der Waals surface area contributed by atoms with Crippen LogP contribution in [0.25, 0.3) is 0 Å². The molecule has 0 aromatic heterocycles. The molecule has 102 valence electrons. The lowest BCUT2D eigenvalue weighted by atomic mass is 10.1. The summed E-state index contributed by atoms with van der Waals surface area (Å²) in [6, 6.07) is 5.23. The summed E-state index contributed by atoms with van der Waals surface area (Å²) in [5.41, 5.74) is 0.688. The van der Waals surface area contributed by atoms with Crippen LogP contribution in [-0.2, 0) is 4.79 Å². The minimum atomic E-state index is -0.762. The molecule has 1 aromatic rings. The molecular formula is C14H17NO4. The second-order valence-electron chi connectivity index (χ2n) is 4.26. The van der Waals surface area contributed by atoms with Crippen molar-refractivity contribution >= 4 is 5.91 Å². The maximum Gasteiger partial charge on any atom is 0.231 e. The van der Waals surface area contributed by atoms with Crippen LogP contribution in [-0.4, -0.2) is 24.4 Å². The zero-order valence-electron chi connectivity index (χ0n) is 10.6. The number of rotatable bonds is 6. The fourth-order valence-corrected chi connectivity index (χ4v) is 1.77. The van der Waals surface area contributed by atoms with E-state index in [0.29, 0.717) is 29.9 Å². The Bertz CT molecular complexity index is 473. The highest BCUT2D eigenvalue weighted by atomic mass is 16.7. The molecule has 1 amide bonds. The number of nitrogens with one attached hydrogen (secondary N) is 1. The minimum absolute atomic E-state index is 0.0975. The third-order valence-corrected chi connectivity index (χ3v) is 2.85. The predicted molar refractivity (Wildman–Crippen MR) is 70.0 cm³/mol. The van der Waals surface area contributed by atoms with Crippen molar-refractivity contribution in [2.75, 3.05) is 13.3 Å². The van der Waals surface area contributed by atoms with Crippen LogP contribution in [0.2, 0.25) is 0 Å². The Morgan fingerprint density at radius 1 is 1.47 bits per heavy atom. The molecule has 0 aliphatic carbocycles. The summed E-state index contributed by atoms with van der Waals surface area (Å²) < 4.78 is 10.4. The Balaban J connectivity index is 1.87. The third kappa shape index (κ3) is 3.48. The van der Waals surface area contributed by atoms with Gasteiger partial charge < -0.3 is 19.9 Å². The number of aliphatic hydroxyl groups is 1. The maximum absolute atomic E-state index is 11.4. The van der Waals surface area contributed by atoms with Gasteiger partial charge in [-0.05, 0) is 24.1 Å². The minimum Gasteiger partial charge on any atom is -0.454 e. The Morgan fingerprint density at radius 3 is 3.05 bits per heavy atom. The summed E-state index contributed by atoms with van der Waals surface area (Å²) in [4.78, 5) is 11.4. The van der Waals surface area contributed by atoms with Gasteiger partial charge in [-0.2, -0.15) is 0 Å². The van der Waals surface area contributed by atoms with Gasteiger partial charge in [0, 0.05) is 13.0 Å². The van der Waals surface area contributed by atoms with E-state index in [2.05, 4.69) is 11.9 Å². The van der Waals surface area contributed by atoms with Crippen molar-refractivity contribution in [2.24, 2.45) is 0 Å². The molecule has 0 saturated carbocycles. The lowest BCUT2D eigenvalue weighted by molar-refractivity contribution is -0.121. The molecule has 1 heterocycles. The summed E-state index contributed by atoms with van der Waals surface area (Å²) >= 11 is 0. The number of hydrogen-bond donors (Lipinski definition) is 2. The van der Waals surface area contributed by atoms with Crippen LogP contribution >= 0.6 is 0 Å². The van der Waals surface area contributed by atoms with Gasteiger partial charge in [0.1, 0.15) is 0 Å². The van der Waals surface area contributed by atoms with Gasteiger partial charge in [-0.15, -0.1) is 6.58 Å². The largest absolute Gasteiger partial charge is 0.454 e. The molecule has 0 fully saturated rings. The molecule has 0 unspecified atom stereocenters. The normalized spacial score (nSPS) is 13.9. The molecule has 0 spiro atoms. The van der Waals surface area contributed by atoms with Crippen molar-refractivity contribution in [1.29, 1.82) is 0 Å². The number of aliphatic hydroxyl groups excluding tert-OH is 1. The lowest BCUT2D eigenvalue weighted by Crippen LogP contribution is -2.27. The first kappa shape index (κ1) is 13.4. The number of carbonyl (C=O) groups is 1. The SMILES string of the molecule is C=CCCC(=O)NC[C@H](O)c1ccc2c(c1)OCO2. The fraction of sp³-hybridized carbons (Fsp3) is 0.357. The number of carbonyl (C=O) groups excluding carboxylic acids is 1. The number of fused-ring (bicyclic) bond motifs is 1. The molecule has 1 aliphatic heterocycles. The van der Waals surface area contributed by atoms with Gasteiger partial charge in [0.2, 0.25) is 12.7 Å². The standard InChI is InChI=1S/C14H17NO4/c1-2-3-4-14(17)15-8-11(16)10-5-6-12-13(7-10)19-9-18-12/h2,5-7,11,16H,1,3-4,8-9H2,(H,15,17)/t11-/m0/s1. The zero-order chi connectivity index (χ0) is 13.7. The van der Waals surface area contributed by atoms with Crippen LogP contribution < -0.4 is 14.8 Å². The van der Waals surface area contributed by atoms with E-state index in [1.165, 1.54) is 0 Å². The van der Waals surface area contributed by atoms with E-state index in [1.54, 1.807) is 24.3 Å². The molecular weight excluding hydrogens is 246 g/mol. The number of hydrogen-bond acceptors (Lipinski definition) is 4. The Morgan fingerprint density at radius 2 is 2.26 bits per heavy atom. The van der Waals surface area contributed by atoms with E-state index in [4.69, 9.17) is 9.47 Å². The Labute approximate surface area is 111 Å². The molecule has 19 heavy (non-hydrogen) atoms. The Hall–Kier alpha value is -2.01. The molecule has 0 saturated heterocycles. The van der Waals surface area contributed by atoms with Crippen molar-refractivity contribution in [1.82, 2.24) is 5.32 Å². The van der Waals surface area contributed by atoms with Gasteiger partial charge in [0.25, 0.3) is 0 Å². The summed E-state index contributed by atoms with van der Waals surface area (Å²) in [5.74, 6) is 1.19. The van der Waals surface area contributed by atoms with E-state index in [1.807, 2.05) is 0 Å². The number of amides is 1. The Kier molecular flexibility index (Phi) is 4.41. The number of ether oxygens (including phenoxy) is 2. The van der Waals surface area contributed by atoms with Crippen molar-refractivity contribution in [3.05, 3.63) is 36.4 Å².